The topological polar surface area (TPSA) is 75.5 Å². The zero-order chi connectivity index (χ0) is 15.8. The lowest BCUT2D eigenvalue weighted by Gasteiger charge is -2.18. The van der Waals surface area contributed by atoms with E-state index in [9.17, 15) is 14.9 Å². The molecule has 1 N–H and O–H groups in total. The molecule has 0 saturated heterocycles. The first-order valence-electron chi connectivity index (χ1n) is 6.90. The molecule has 0 aromatic heterocycles. The van der Waals surface area contributed by atoms with Crippen molar-refractivity contribution in [3.8, 4) is 0 Å². The van der Waals surface area contributed by atoms with Crippen LogP contribution in [-0.4, -0.2) is 35.4 Å². The fourth-order valence-electron chi connectivity index (χ4n) is 2.01. The highest BCUT2D eigenvalue weighted by Crippen LogP contribution is 2.23. The number of carbonyl (C=O) groups is 1. The number of rotatable bonds is 8. The van der Waals surface area contributed by atoms with Gasteiger partial charge < -0.3 is 10.2 Å². The van der Waals surface area contributed by atoms with Crippen molar-refractivity contribution in [1.29, 1.82) is 0 Å². The highest BCUT2D eigenvalue weighted by atomic mass is 79.9. The van der Waals surface area contributed by atoms with Gasteiger partial charge in [0.05, 0.1) is 4.92 Å². The third kappa shape index (κ3) is 5.43. The second-order valence-corrected chi connectivity index (χ2v) is 5.44. The fraction of sp³-hybridized carbons (Fsp3) is 0.500. The van der Waals surface area contributed by atoms with Gasteiger partial charge in [0.2, 0.25) is 5.91 Å². The normalized spacial score (nSPS) is 10.4. The van der Waals surface area contributed by atoms with Gasteiger partial charge >= 0.3 is 0 Å². The lowest BCUT2D eigenvalue weighted by Crippen LogP contribution is -2.32. The summed E-state index contributed by atoms with van der Waals surface area (Å²) in [5.74, 6) is 0.0952. The van der Waals surface area contributed by atoms with Gasteiger partial charge in [-0.05, 0) is 26.0 Å². The first-order valence-corrected chi connectivity index (χ1v) is 7.70. The quantitative estimate of drug-likeness (QED) is 0.440. The summed E-state index contributed by atoms with van der Waals surface area (Å²) in [5, 5.41) is 14.1. The van der Waals surface area contributed by atoms with E-state index in [1.807, 2.05) is 13.8 Å². The molecule has 1 rings (SSSR count). The maximum atomic E-state index is 11.8. The number of carbonyl (C=O) groups excluding carboxylic acids is 1. The molecule has 0 saturated carbocycles. The Bertz CT molecular complexity index is 504. The molecule has 116 valence electrons. The maximum Gasteiger partial charge on any atom is 0.275 e. The summed E-state index contributed by atoms with van der Waals surface area (Å²) >= 11 is 3.22. The van der Waals surface area contributed by atoms with E-state index in [4.69, 9.17) is 0 Å². The van der Waals surface area contributed by atoms with E-state index in [2.05, 4.69) is 21.2 Å². The molecule has 7 heteroatoms. The Hall–Kier alpha value is -1.47. The molecule has 0 heterocycles. The Morgan fingerprint density at radius 3 is 2.62 bits per heavy atom. The highest BCUT2D eigenvalue weighted by molar-refractivity contribution is 9.10. The molecule has 0 aliphatic heterocycles. The van der Waals surface area contributed by atoms with Crippen molar-refractivity contribution >= 4 is 27.5 Å². The van der Waals surface area contributed by atoms with Gasteiger partial charge in [0.15, 0.2) is 0 Å². The standard InChI is InChI=1S/C14H20BrN3O3/c1-3-17(4-2)14(19)7-8-16-10-11-5-6-12(15)9-13(11)18(20)21/h5-6,9,16H,3-4,7-8,10H2,1-2H3. The minimum atomic E-state index is -0.400. The van der Waals surface area contributed by atoms with Crippen LogP contribution < -0.4 is 5.32 Å². The SMILES string of the molecule is CCN(CC)C(=O)CCNCc1ccc(Br)cc1[N+](=O)[O-]. The van der Waals surface area contributed by atoms with Crippen LogP contribution in [0.25, 0.3) is 0 Å². The molecule has 21 heavy (non-hydrogen) atoms. The number of hydrogen-bond donors (Lipinski definition) is 1. The van der Waals surface area contributed by atoms with Gasteiger partial charge in [-0.15, -0.1) is 0 Å². The van der Waals surface area contributed by atoms with Crippen LogP contribution in [0.5, 0.6) is 0 Å². The maximum absolute atomic E-state index is 11.8. The summed E-state index contributed by atoms with van der Waals surface area (Å²) in [4.78, 5) is 24.2. The largest absolute Gasteiger partial charge is 0.343 e. The first kappa shape index (κ1) is 17.6. The van der Waals surface area contributed by atoms with Crippen LogP contribution >= 0.6 is 15.9 Å². The van der Waals surface area contributed by atoms with Crippen molar-refractivity contribution in [2.24, 2.45) is 0 Å². The van der Waals surface area contributed by atoms with Gasteiger partial charge in [-0.25, -0.2) is 0 Å². The average molecular weight is 358 g/mol. The van der Waals surface area contributed by atoms with Gasteiger partial charge in [0, 0.05) is 48.7 Å². The molecule has 0 radical (unpaired) electrons. The second-order valence-electron chi connectivity index (χ2n) is 4.52. The summed E-state index contributed by atoms with van der Waals surface area (Å²) < 4.78 is 0.676. The molecule has 0 aliphatic rings. The molecule has 0 aliphatic carbocycles. The molecule has 0 bridgehead atoms. The molecule has 0 fully saturated rings. The van der Waals surface area contributed by atoms with Gasteiger partial charge in [-0.1, -0.05) is 15.9 Å². The Kier molecular flexibility index (Phi) is 7.31. The van der Waals surface area contributed by atoms with E-state index < -0.39 is 4.92 Å². The minimum absolute atomic E-state index is 0.0759. The third-order valence-corrected chi connectivity index (χ3v) is 3.68. The number of amides is 1. The molecule has 1 aromatic carbocycles. The van der Waals surface area contributed by atoms with Crippen molar-refractivity contribution in [3.63, 3.8) is 0 Å². The Morgan fingerprint density at radius 2 is 2.05 bits per heavy atom. The van der Waals surface area contributed by atoms with E-state index >= 15 is 0 Å². The average Bonchev–Trinajstić information content (AvgIpc) is 2.45. The molecule has 6 nitrogen and oxygen atoms in total. The van der Waals surface area contributed by atoms with Crippen LogP contribution in [-0.2, 0) is 11.3 Å². The minimum Gasteiger partial charge on any atom is -0.343 e. The summed E-state index contributed by atoms with van der Waals surface area (Å²) in [7, 11) is 0. The monoisotopic (exact) mass is 357 g/mol. The predicted octanol–water partition coefficient (Wildman–Crippen LogP) is 2.71. The number of hydrogen-bond acceptors (Lipinski definition) is 4. The summed E-state index contributed by atoms with van der Waals surface area (Å²) in [5.41, 5.74) is 0.686. The van der Waals surface area contributed by atoms with Crippen LogP contribution in [0.3, 0.4) is 0 Å². The summed E-state index contributed by atoms with van der Waals surface area (Å²) in [6, 6.07) is 4.96. The molecule has 0 unspecified atom stereocenters. The number of nitro groups is 1. The van der Waals surface area contributed by atoms with Gasteiger partial charge in [0.25, 0.3) is 5.69 Å². The number of nitro benzene ring substituents is 1. The van der Waals surface area contributed by atoms with Crippen LogP contribution in [0.2, 0.25) is 0 Å². The van der Waals surface area contributed by atoms with Crippen molar-refractivity contribution in [3.05, 3.63) is 38.3 Å². The number of nitrogens with one attached hydrogen (secondary N) is 1. The van der Waals surface area contributed by atoms with Crippen LogP contribution in [0.15, 0.2) is 22.7 Å². The zero-order valence-electron chi connectivity index (χ0n) is 12.3. The van der Waals surface area contributed by atoms with E-state index in [-0.39, 0.29) is 11.6 Å². The molecular formula is C14H20BrN3O3. The fourth-order valence-corrected chi connectivity index (χ4v) is 2.36. The third-order valence-electron chi connectivity index (χ3n) is 3.19. The van der Waals surface area contributed by atoms with Crippen molar-refractivity contribution in [1.82, 2.24) is 10.2 Å². The number of nitrogens with zero attached hydrogens (tertiary/aromatic N) is 2. The van der Waals surface area contributed by atoms with Crippen molar-refractivity contribution in [2.45, 2.75) is 26.8 Å². The molecule has 0 atom stereocenters. The van der Waals surface area contributed by atoms with E-state index in [0.717, 1.165) is 0 Å². The van der Waals surface area contributed by atoms with Crippen LogP contribution in [0, 0.1) is 10.1 Å². The van der Waals surface area contributed by atoms with Crippen molar-refractivity contribution in [2.75, 3.05) is 19.6 Å². The highest BCUT2D eigenvalue weighted by Gasteiger charge is 2.14. The molecule has 1 aromatic rings. The number of halogens is 1. The van der Waals surface area contributed by atoms with E-state index in [0.29, 0.717) is 42.6 Å². The van der Waals surface area contributed by atoms with Gasteiger partial charge in [-0.2, -0.15) is 0 Å². The zero-order valence-corrected chi connectivity index (χ0v) is 13.9. The smallest absolute Gasteiger partial charge is 0.275 e. The first-order chi connectivity index (χ1) is 9.99. The van der Waals surface area contributed by atoms with E-state index in [1.54, 1.807) is 17.0 Å². The Balaban J connectivity index is 2.50. The lowest BCUT2D eigenvalue weighted by atomic mass is 10.2. The molecule has 0 spiro atoms. The molecular weight excluding hydrogens is 338 g/mol. The second kappa shape index (κ2) is 8.74. The van der Waals surface area contributed by atoms with Crippen LogP contribution in [0.1, 0.15) is 25.8 Å². The summed E-state index contributed by atoms with van der Waals surface area (Å²) in [6.07, 6.45) is 0.395. The van der Waals surface area contributed by atoms with E-state index in [1.165, 1.54) is 6.07 Å². The van der Waals surface area contributed by atoms with Crippen molar-refractivity contribution < 1.29 is 9.72 Å². The Morgan fingerprint density at radius 1 is 1.38 bits per heavy atom. The molecule has 1 amide bonds. The number of benzene rings is 1. The predicted molar refractivity (Wildman–Crippen MR) is 85.0 cm³/mol. The van der Waals surface area contributed by atoms with Gasteiger partial charge in [0.1, 0.15) is 0 Å². The summed E-state index contributed by atoms with van der Waals surface area (Å²) in [6.45, 7) is 6.17. The van der Waals surface area contributed by atoms with Crippen LogP contribution in [0.4, 0.5) is 5.69 Å². The lowest BCUT2D eigenvalue weighted by molar-refractivity contribution is -0.385. The Labute approximate surface area is 132 Å². The van der Waals surface area contributed by atoms with Gasteiger partial charge in [-0.3, -0.25) is 14.9 Å².